The predicted octanol–water partition coefficient (Wildman–Crippen LogP) is 2.50. The Labute approximate surface area is 127 Å². The zero-order valence-corrected chi connectivity index (χ0v) is 13.3. The van der Waals surface area contributed by atoms with E-state index in [0.717, 1.165) is 12.8 Å². The molecule has 3 aliphatic rings. The lowest BCUT2D eigenvalue weighted by Crippen LogP contribution is -2.46. The van der Waals surface area contributed by atoms with Crippen LogP contribution in [0.2, 0.25) is 0 Å². The second-order valence-corrected chi connectivity index (χ2v) is 6.90. The van der Waals surface area contributed by atoms with Crippen molar-refractivity contribution in [3.8, 4) is 0 Å². The van der Waals surface area contributed by atoms with Crippen molar-refractivity contribution < 1.29 is 14.3 Å². The molecule has 1 aliphatic heterocycles. The first-order valence-electron chi connectivity index (χ1n) is 8.42. The summed E-state index contributed by atoms with van der Waals surface area (Å²) < 4.78 is 12.0. The normalized spacial score (nSPS) is 29.3. The summed E-state index contributed by atoms with van der Waals surface area (Å²) in [5.74, 6) is 0.346. The third kappa shape index (κ3) is 3.51. The molecule has 21 heavy (non-hydrogen) atoms. The van der Waals surface area contributed by atoms with Gasteiger partial charge >= 0.3 is 6.03 Å². The van der Waals surface area contributed by atoms with Crippen LogP contribution in [0.1, 0.15) is 51.9 Å². The van der Waals surface area contributed by atoms with Crippen LogP contribution in [-0.2, 0) is 9.47 Å². The molecule has 1 spiro atoms. The molecule has 0 aromatic carbocycles. The van der Waals surface area contributed by atoms with Crippen LogP contribution in [-0.4, -0.2) is 49.1 Å². The molecule has 2 amide bonds. The van der Waals surface area contributed by atoms with Crippen molar-refractivity contribution in [2.45, 2.75) is 69.8 Å². The number of amides is 2. The van der Waals surface area contributed by atoms with Gasteiger partial charge in [-0.05, 0) is 38.5 Å². The number of rotatable bonds is 4. The van der Waals surface area contributed by atoms with E-state index in [9.17, 15) is 4.79 Å². The van der Waals surface area contributed by atoms with Gasteiger partial charge in [-0.1, -0.05) is 6.42 Å². The van der Waals surface area contributed by atoms with Crippen molar-refractivity contribution in [3.05, 3.63) is 0 Å². The largest absolute Gasteiger partial charge is 0.347 e. The van der Waals surface area contributed by atoms with Crippen LogP contribution in [0.15, 0.2) is 0 Å². The summed E-state index contributed by atoms with van der Waals surface area (Å²) in [6, 6.07) is 0.332. The Morgan fingerprint density at radius 1 is 1.33 bits per heavy atom. The Hall–Kier alpha value is -0.810. The number of ether oxygens (including phenoxy) is 2. The molecule has 1 heterocycles. The summed E-state index contributed by atoms with van der Waals surface area (Å²) >= 11 is 0. The van der Waals surface area contributed by atoms with E-state index < -0.39 is 0 Å². The van der Waals surface area contributed by atoms with Gasteiger partial charge < -0.3 is 19.7 Å². The monoisotopic (exact) mass is 296 g/mol. The van der Waals surface area contributed by atoms with E-state index in [4.69, 9.17) is 9.47 Å². The average Bonchev–Trinajstić information content (AvgIpc) is 3.28. The topological polar surface area (TPSA) is 50.8 Å². The zero-order valence-electron chi connectivity index (χ0n) is 13.3. The number of nitrogens with zero attached hydrogens (tertiary/aromatic N) is 1. The smallest absolute Gasteiger partial charge is 0.317 e. The van der Waals surface area contributed by atoms with Crippen LogP contribution < -0.4 is 5.32 Å². The summed E-state index contributed by atoms with van der Waals surface area (Å²) in [6.45, 7) is 3.27. The number of urea groups is 1. The standard InChI is InChI=1S/C16H28N2O3/c1-12(13-6-7-13)18(2)15(19)17-10-14-11-20-16(21-14)8-4-3-5-9-16/h12-14H,3-11H2,1-2H3,(H,17,19). The molecule has 0 radical (unpaired) electrons. The molecule has 3 fully saturated rings. The number of nitrogens with one attached hydrogen (secondary N) is 1. The van der Waals surface area contributed by atoms with Gasteiger partial charge in [-0.2, -0.15) is 0 Å². The molecule has 5 nitrogen and oxygen atoms in total. The van der Waals surface area contributed by atoms with Crippen molar-refractivity contribution in [1.82, 2.24) is 10.2 Å². The molecule has 0 aromatic heterocycles. The van der Waals surface area contributed by atoms with Crippen LogP contribution in [0, 0.1) is 5.92 Å². The fraction of sp³-hybridized carbons (Fsp3) is 0.938. The second kappa shape index (κ2) is 6.13. The Morgan fingerprint density at radius 2 is 2.05 bits per heavy atom. The first-order valence-corrected chi connectivity index (χ1v) is 8.42. The summed E-state index contributed by atoms with van der Waals surface area (Å²) in [7, 11) is 1.88. The first-order chi connectivity index (χ1) is 10.1. The molecule has 2 unspecified atom stereocenters. The molecule has 0 aromatic rings. The van der Waals surface area contributed by atoms with Gasteiger partial charge in [0, 0.05) is 32.5 Å². The second-order valence-electron chi connectivity index (χ2n) is 6.90. The van der Waals surface area contributed by atoms with Gasteiger partial charge in [0.25, 0.3) is 0 Å². The highest BCUT2D eigenvalue weighted by atomic mass is 16.7. The van der Waals surface area contributed by atoms with Gasteiger partial charge in [-0.3, -0.25) is 0 Å². The number of hydrogen-bond donors (Lipinski definition) is 1. The quantitative estimate of drug-likeness (QED) is 0.867. The van der Waals surface area contributed by atoms with Crippen molar-refractivity contribution in [2.75, 3.05) is 20.2 Å². The van der Waals surface area contributed by atoms with Crippen molar-refractivity contribution in [2.24, 2.45) is 5.92 Å². The van der Waals surface area contributed by atoms with E-state index in [2.05, 4.69) is 12.2 Å². The fourth-order valence-electron chi connectivity index (χ4n) is 3.48. The minimum atomic E-state index is -0.346. The van der Waals surface area contributed by atoms with Crippen molar-refractivity contribution in [1.29, 1.82) is 0 Å². The van der Waals surface area contributed by atoms with E-state index in [1.807, 2.05) is 11.9 Å². The van der Waals surface area contributed by atoms with Gasteiger partial charge in [0.2, 0.25) is 0 Å². The van der Waals surface area contributed by atoms with E-state index in [0.29, 0.717) is 25.1 Å². The van der Waals surface area contributed by atoms with E-state index in [1.54, 1.807) is 0 Å². The van der Waals surface area contributed by atoms with Gasteiger partial charge in [0.05, 0.1) is 6.61 Å². The highest BCUT2D eigenvalue weighted by Gasteiger charge is 2.42. The third-order valence-electron chi connectivity index (χ3n) is 5.25. The van der Waals surface area contributed by atoms with E-state index in [-0.39, 0.29) is 17.9 Å². The molecule has 1 N–H and O–H groups in total. The third-order valence-corrected chi connectivity index (χ3v) is 5.25. The van der Waals surface area contributed by atoms with Gasteiger partial charge in [-0.15, -0.1) is 0 Å². The SMILES string of the molecule is CC(C1CC1)N(C)C(=O)NCC1COC2(CCCCC2)O1. The van der Waals surface area contributed by atoms with Crippen LogP contribution in [0.25, 0.3) is 0 Å². The molecular formula is C16H28N2O3. The maximum Gasteiger partial charge on any atom is 0.317 e. The molecule has 2 atom stereocenters. The molecule has 120 valence electrons. The molecule has 2 aliphatic carbocycles. The number of hydrogen-bond acceptors (Lipinski definition) is 3. The molecule has 2 saturated carbocycles. The van der Waals surface area contributed by atoms with Crippen LogP contribution >= 0.6 is 0 Å². The van der Waals surface area contributed by atoms with Crippen LogP contribution in [0.3, 0.4) is 0 Å². The van der Waals surface area contributed by atoms with Gasteiger partial charge in [0.1, 0.15) is 6.10 Å². The predicted molar refractivity (Wildman–Crippen MR) is 80.0 cm³/mol. The summed E-state index contributed by atoms with van der Waals surface area (Å²) in [5, 5.41) is 2.99. The lowest BCUT2D eigenvalue weighted by Gasteiger charge is -2.32. The van der Waals surface area contributed by atoms with Gasteiger partial charge in [0.15, 0.2) is 5.79 Å². The van der Waals surface area contributed by atoms with Crippen LogP contribution in [0.4, 0.5) is 4.79 Å². The number of carbonyl (C=O) groups is 1. The first kappa shape index (κ1) is 15.1. The maximum atomic E-state index is 12.2. The lowest BCUT2D eigenvalue weighted by atomic mass is 9.94. The summed E-state index contributed by atoms with van der Waals surface area (Å²) in [4.78, 5) is 14.0. The highest BCUT2D eigenvalue weighted by Crippen LogP contribution is 2.37. The lowest BCUT2D eigenvalue weighted by molar-refractivity contribution is -0.186. The zero-order chi connectivity index (χ0) is 14.9. The van der Waals surface area contributed by atoms with E-state index >= 15 is 0 Å². The van der Waals surface area contributed by atoms with Crippen molar-refractivity contribution in [3.63, 3.8) is 0 Å². The minimum absolute atomic E-state index is 0.00240. The summed E-state index contributed by atoms with van der Waals surface area (Å²) in [6.07, 6.45) is 8.13. The number of carbonyl (C=O) groups excluding carboxylic acids is 1. The Balaban J connectivity index is 1.42. The summed E-state index contributed by atoms with van der Waals surface area (Å²) in [5.41, 5.74) is 0. The average molecular weight is 296 g/mol. The van der Waals surface area contributed by atoms with Crippen LogP contribution in [0.5, 0.6) is 0 Å². The Kier molecular flexibility index (Phi) is 4.41. The van der Waals surface area contributed by atoms with Crippen molar-refractivity contribution >= 4 is 6.03 Å². The molecule has 5 heteroatoms. The maximum absolute atomic E-state index is 12.2. The molecule has 3 rings (SSSR count). The molecule has 1 saturated heterocycles. The van der Waals surface area contributed by atoms with E-state index in [1.165, 1.54) is 32.1 Å². The Bertz CT molecular complexity index is 378. The van der Waals surface area contributed by atoms with Gasteiger partial charge in [-0.25, -0.2) is 4.79 Å². The Morgan fingerprint density at radius 3 is 2.71 bits per heavy atom. The highest BCUT2D eigenvalue weighted by molar-refractivity contribution is 5.74. The molecule has 0 bridgehead atoms. The minimum Gasteiger partial charge on any atom is -0.347 e. The fourth-order valence-corrected chi connectivity index (χ4v) is 3.48. The molecular weight excluding hydrogens is 268 g/mol.